The molecule has 0 heterocycles. The SMILES string of the molecule is COC(=O)C1(C(C)=O)Cc2c(O)c(C=O)c(-c3ccccc3)c(C#Cc3ccccc3)c2C1. The van der Waals surface area contributed by atoms with E-state index >= 15 is 0 Å². The van der Waals surface area contributed by atoms with Gasteiger partial charge in [0.1, 0.15) is 16.9 Å². The topological polar surface area (TPSA) is 80.7 Å². The predicted octanol–water partition coefficient (Wildman–Crippen LogP) is 4.12. The van der Waals surface area contributed by atoms with E-state index in [2.05, 4.69) is 11.8 Å². The number of rotatable bonds is 4. The molecule has 0 radical (unpaired) electrons. The second-order valence-electron chi connectivity index (χ2n) is 8.05. The van der Waals surface area contributed by atoms with E-state index in [0.717, 1.165) is 5.56 Å². The van der Waals surface area contributed by atoms with Gasteiger partial charge in [0.2, 0.25) is 0 Å². The number of methoxy groups -OCH3 is 1. The van der Waals surface area contributed by atoms with E-state index in [4.69, 9.17) is 4.74 Å². The molecule has 0 saturated carbocycles. The second-order valence-corrected chi connectivity index (χ2v) is 8.05. The summed E-state index contributed by atoms with van der Waals surface area (Å²) in [5.41, 5.74) is 2.06. The van der Waals surface area contributed by atoms with E-state index in [1.54, 1.807) is 0 Å². The molecule has 0 fully saturated rings. The van der Waals surface area contributed by atoms with Gasteiger partial charge in [0.25, 0.3) is 0 Å². The molecule has 1 aliphatic rings. The van der Waals surface area contributed by atoms with Crippen LogP contribution in [0.5, 0.6) is 5.75 Å². The van der Waals surface area contributed by atoms with Crippen LogP contribution >= 0.6 is 0 Å². The molecule has 5 heteroatoms. The van der Waals surface area contributed by atoms with E-state index in [1.165, 1.54) is 14.0 Å². The molecule has 0 aliphatic heterocycles. The number of benzene rings is 3. The van der Waals surface area contributed by atoms with Crippen molar-refractivity contribution < 1.29 is 24.2 Å². The zero-order valence-corrected chi connectivity index (χ0v) is 18.3. The van der Waals surface area contributed by atoms with Crippen molar-refractivity contribution in [3.05, 3.63) is 88.5 Å². The lowest BCUT2D eigenvalue weighted by atomic mass is 9.80. The van der Waals surface area contributed by atoms with Crippen LogP contribution in [0.1, 0.15) is 39.5 Å². The summed E-state index contributed by atoms with van der Waals surface area (Å²) >= 11 is 0. The Morgan fingerprint density at radius 3 is 2.15 bits per heavy atom. The van der Waals surface area contributed by atoms with Gasteiger partial charge in [0.05, 0.1) is 12.7 Å². The van der Waals surface area contributed by atoms with Crippen LogP contribution in [0.15, 0.2) is 60.7 Å². The monoisotopic (exact) mass is 438 g/mol. The van der Waals surface area contributed by atoms with Crippen molar-refractivity contribution in [1.29, 1.82) is 0 Å². The smallest absolute Gasteiger partial charge is 0.320 e. The maximum Gasteiger partial charge on any atom is 0.320 e. The molecule has 1 unspecified atom stereocenters. The van der Waals surface area contributed by atoms with Gasteiger partial charge in [-0.1, -0.05) is 60.4 Å². The minimum atomic E-state index is -1.47. The van der Waals surface area contributed by atoms with Crippen LogP contribution in [0.4, 0.5) is 0 Å². The lowest BCUT2D eigenvalue weighted by Crippen LogP contribution is -2.39. The first-order chi connectivity index (χ1) is 15.9. The molecule has 3 aromatic carbocycles. The number of ketones is 1. The number of ether oxygens (including phenoxy) is 1. The van der Waals surface area contributed by atoms with Crippen LogP contribution in [-0.2, 0) is 27.2 Å². The summed E-state index contributed by atoms with van der Waals surface area (Å²) in [6, 6.07) is 18.5. The molecule has 0 saturated heterocycles. The van der Waals surface area contributed by atoms with Crippen molar-refractivity contribution in [1.82, 2.24) is 0 Å². The first kappa shape index (κ1) is 22.0. The molecule has 1 atom stereocenters. The average molecular weight is 438 g/mol. The van der Waals surface area contributed by atoms with E-state index < -0.39 is 11.4 Å². The summed E-state index contributed by atoms with van der Waals surface area (Å²) in [5, 5.41) is 11.1. The number of aromatic hydroxyl groups is 1. The van der Waals surface area contributed by atoms with Crippen LogP contribution in [0.25, 0.3) is 11.1 Å². The number of esters is 1. The third kappa shape index (κ3) is 3.70. The summed E-state index contributed by atoms with van der Waals surface area (Å²) < 4.78 is 4.96. The third-order valence-corrected chi connectivity index (χ3v) is 6.22. The number of carbonyl (C=O) groups excluding carboxylic acids is 3. The lowest BCUT2D eigenvalue weighted by molar-refractivity contribution is -0.156. The van der Waals surface area contributed by atoms with Gasteiger partial charge in [-0.2, -0.15) is 0 Å². The average Bonchev–Trinajstić information content (AvgIpc) is 3.26. The highest BCUT2D eigenvalue weighted by molar-refractivity contribution is 6.05. The maximum atomic E-state index is 12.7. The summed E-state index contributed by atoms with van der Waals surface area (Å²) in [6.07, 6.45) is 0.583. The number of phenols is 1. The van der Waals surface area contributed by atoms with Gasteiger partial charge in [0.15, 0.2) is 6.29 Å². The molecule has 0 amide bonds. The van der Waals surface area contributed by atoms with Crippen molar-refractivity contribution in [2.24, 2.45) is 5.41 Å². The Kier molecular flexibility index (Phi) is 5.85. The molecule has 0 spiro atoms. The quantitative estimate of drug-likeness (QED) is 0.287. The van der Waals surface area contributed by atoms with Crippen LogP contribution < -0.4 is 0 Å². The number of carbonyl (C=O) groups is 3. The van der Waals surface area contributed by atoms with Crippen LogP contribution in [0.2, 0.25) is 0 Å². The van der Waals surface area contributed by atoms with Crippen molar-refractivity contribution in [3.63, 3.8) is 0 Å². The van der Waals surface area contributed by atoms with Crippen molar-refractivity contribution >= 4 is 18.0 Å². The Morgan fingerprint density at radius 2 is 1.58 bits per heavy atom. The normalized spacial score (nSPS) is 16.3. The van der Waals surface area contributed by atoms with Gasteiger partial charge in [-0.25, -0.2) is 0 Å². The summed E-state index contributed by atoms with van der Waals surface area (Å²) in [4.78, 5) is 37.6. The summed E-state index contributed by atoms with van der Waals surface area (Å²) in [6.45, 7) is 1.34. The summed E-state index contributed by atoms with van der Waals surface area (Å²) in [7, 11) is 1.23. The zero-order chi connectivity index (χ0) is 23.6. The molecule has 33 heavy (non-hydrogen) atoms. The first-order valence-corrected chi connectivity index (χ1v) is 10.5. The number of fused-ring (bicyclic) bond motifs is 1. The van der Waals surface area contributed by atoms with Crippen LogP contribution in [0.3, 0.4) is 0 Å². The maximum absolute atomic E-state index is 12.7. The van der Waals surface area contributed by atoms with E-state index in [-0.39, 0.29) is 29.9 Å². The zero-order valence-electron chi connectivity index (χ0n) is 18.3. The Labute approximate surface area is 192 Å². The van der Waals surface area contributed by atoms with Gasteiger partial charge >= 0.3 is 5.97 Å². The highest BCUT2D eigenvalue weighted by Crippen LogP contribution is 2.48. The fourth-order valence-corrected chi connectivity index (χ4v) is 4.46. The van der Waals surface area contributed by atoms with Gasteiger partial charge in [0, 0.05) is 22.3 Å². The van der Waals surface area contributed by atoms with Gasteiger partial charge < -0.3 is 9.84 Å². The molecule has 1 aliphatic carbocycles. The first-order valence-electron chi connectivity index (χ1n) is 10.5. The Hall–Kier alpha value is -4.17. The molecule has 164 valence electrons. The predicted molar refractivity (Wildman–Crippen MR) is 124 cm³/mol. The molecule has 3 aromatic rings. The van der Waals surface area contributed by atoms with Crippen LogP contribution in [-0.4, -0.2) is 30.3 Å². The van der Waals surface area contributed by atoms with Gasteiger partial charge in [-0.15, -0.1) is 0 Å². The third-order valence-electron chi connectivity index (χ3n) is 6.22. The molecule has 5 nitrogen and oxygen atoms in total. The molecule has 4 rings (SSSR count). The number of aldehydes is 1. The van der Waals surface area contributed by atoms with E-state index in [1.807, 2.05) is 60.7 Å². The highest BCUT2D eigenvalue weighted by atomic mass is 16.5. The summed E-state index contributed by atoms with van der Waals surface area (Å²) in [5.74, 6) is 5.05. The van der Waals surface area contributed by atoms with Crippen LogP contribution in [0, 0.1) is 17.3 Å². The van der Waals surface area contributed by atoms with Gasteiger partial charge in [-0.05, 0) is 43.0 Å². The minimum Gasteiger partial charge on any atom is -0.507 e. The van der Waals surface area contributed by atoms with E-state index in [9.17, 15) is 19.5 Å². The minimum absolute atomic E-state index is 0.0374. The number of Topliss-reactive ketones (excluding diaryl/α,β-unsaturated/α-hetero) is 1. The molecular formula is C28H22O5. The molecule has 0 aromatic heterocycles. The fourth-order valence-electron chi connectivity index (χ4n) is 4.46. The molecular weight excluding hydrogens is 416 g/mol. The Bertz CT molecular complexity index is 1310. The number of phenolic OH excluding ortho intramolecular Hbond substituents is 1. The van der Waals surface area contributed by atoms with Crippen molar-refractivity contribution in [2.45, 2.75) is 19.8 Å². The largest absolute Gasteiger partial charge is 0.507 e. The van der Waals surface area contributed by atoms with Gasteiger partial charge in [-0.3, -0.25) is 14.4 Å². The van der Waals surface area contributed by atoms with Crippen molar-refractivity contribution in [2.75, 3.05) is 7.11 Å². The standard InChI is InChI=1S/C28H22O5/c1-18(30)28(27(32)33-2)15-22-21(14-13-19-9-5-3-6-10-19)25(20-11-7-4-8-12-20)24(17-29)26(31)23(22)16-28/h3-12,17,31H,15-16H2,1-2H3. The number of hydrogen-bond donors (Lipinski definition) is 1. The Balaban J connectivity index is 2.05. The number of hydrogen-bond acceptors (Lipinski definition) is 5. The van der Waals surface area contributed by atoms with E-state index in [0.29, 0.717) is 34.1 Å². The molecule has 0 bridgehead atoms. The highest BCUT2D eigenvalue weighted by Gasteiger charge is 2.51. The molecule has 1 N–H and O–H groups in total. The fraction of sp³-hybridized carbons (Fsp3) is 0.179. The Morgan fingerprint density at radius 1 is 0.970 bits per heavy atom. The van der Waals surface area contributed by atoms with Crippen molar-refractivity contribution in [3.8, 4) is 28.7 Å². The second kappa shape index (κ2) is 8.76. The lowest BCUT2D eigenvalue weighted by Gasteiger charge is -2.22.